The lowest BCUT2D eigenvalue weighted by molar-refractivity contribution is -0.134. The maximum atomic E-state index is 13.0. The van der Waals surface area contributed by atoms with E-state index >= 15 is 0 Å². The monoisotopic (exact) mass is 493 g/mol. The number of methoxy groups -OCH3 is 1. The summed E-state index contributed by atoms with van der Waals surface area (Å²) in [6, 6.07) is 15.0. The number of primary amides is 1. The number of carbonyl (C=O) groups excluding carboxylic acids is 2. The van der Waals surface area contributed by atoms with E-state index in [4.69, 9.17) is 15.2 Å². The second-order valence-corrected chi connectivity index (χ2v) is 9.39. The SMILES string of the molecule is COc1ccc2c(c1)[C@@H]1C[C@H]2OC/C=C/CC[C@@H](C(N)=O)C(=O)N[C@@H](Cc2ccccc2)[C@H](O)CN1. The molecule has 8 nitrogen and oxygen atoms in total. The maximum Gasteiger partial charge on any atom is 0.232 e. The van der Waals surface area contributed by atoms with E-state index in [2.05, 4.69) is 10.6 Å². The van der Waals surface area contributed by atoms with Crippen molar-refractivity contribution in [2.24, 2.45) is 11.7 Å². The summed E-state index contributed by atoms with van der Waals surface area (Å²) in [5.41, 5.74) is 8.71. The molecule has 1 aliphatic heterocycles. The van der Waals surface area contributed by atoms with E-state index in [0.29, 0.717) is 19.4 Å². The lowest BCUT2D eigenvalue weighted by Gasteiger charge is -2.27. The molecule has 0 saturated carbocycles. The number of carbonyl (C=O) groups is 2. The number of β-amino-alcohol motifs (C(OH)–C–C–N with tert-alkyl or cyclic N) is 1. The van der Waals surface area contributed by atoms with Gasteiger partial charge in [0, 0.05) is 12.6 Å². The second kappa shape index (κ2) is 12.2. The molecule has 1 aliphatic carbocycles. The van der Waals surface area contributed by atoms with Crippen LogP contribution in [0.1, 0.15) is 48.1 Å². The minimum atomic E-state index is -0.977. The molecule has 0 unspecified atom stereocenters. The third kappa shape index (κ3) is 6.32. The summed E-state index contributed by atoms with van der Waals surface area (Å²) in [5, 5.41) is 17.6. The van der Waals surface area contributed by atoms with Gasteiger partial charge in [-0.05, 0) is 54.5 Å². The number of amides is 2. The number of nitrogens with two attached hydrogens (primary N) is 1. The summed E-state index contributed by atoms with van der Waals surface area (Å²) in [4.78, 5) is 25.1. The van der Waals surface area contributed by atoms with Crippen molar-refractivity contribution in [1.82, 2.24) is 10.6 Å². The molecule has 2 aliphatic rings. The Labute approximate surface area is 211 Å². The quantitative estimate of drug-likeness (QED) is 0.383. The molecular formula is C28H35N3O5. The van der Waals surface area contributed by atoms with Gasteiger partial charge < -0.3 is 30.9 Å². The van der Waals surface area contributed by atoms with Crippen molar-refractivity contribution in [3.05, 3.63) is 77.4 Å². The zero-order valence-corrected chi connectivity index (χ0v) is 20.6. The molecule has 0 saturated heterocycles. The lowest BCUT2D eigenvalue weighted by Crippen LogP contribution is -2.52. The number of hydrogen-bond acceptors (Lipinski definition) is 6. The third-order valence-corrected chi connectivity index (χ3v) is 6.97. The molecule has 36 heavy (non-hydrogen) atoms. The zero-order valence-electron chi connectivity index (χ0n) is 20.6. The van der Waals surface area contributed by atoms with E-state index in [1.165, 1.54) is 0 Å². The van der Waals surface area contributed by atoms with Crippen LogP contribution in [0.15, 0.2) is 60.7 Å². The van der Waals surface area contributed by atoms with Crippen LogP contribution in [0.5, 0.6) is 5.75 Å². The highest BCUT2D eigenvalue weighted by molar-refractivity contribution is 5.99. The summed E-state index contributed by atoms with van der Waals surface area (Å²) >= 11 is 0. The highest BCUT2D eigenvalue weighted by Gasteiger charge is 2.34. The van der Waals surface area contributed by atoms with Gasteiger partial charge >= 0.3 is 0 Å². The van der Waals surface area contributed by atoms with Gasteiger partial charge in [0.05, 0.1) is 32.0 Å². The van der Waals surface area contributed by atoms with E-state index in [1.807, 2.05) is 60.7 Å². The van der Waals surface area contributed by atoms with E-state index in [9.17, 15) is 14.7 Å². The van der Waals surface area contributed by atoms with Gasteiger partial charge in [-0.2, -0.15) is 0 Å². The van der Waals surface area contributed by atoms with Crippen molar-refractivity contribution in [3.8, 4) is 5.75 Å². The molecular weight excluding hydrogens is 458 g/mol. The summed E-state index contributed by atoms with van der Waals surface area (Å²) in [6.07, 6.45) is 4.78. The first-order valence-corrected chi connectivity index (χ1v) is 12.5. The molecule has 192 valence electrons. The van der Waals surface area contributed by atoms with Gasteiger partial charge in [-0.25, -0.2) is 0 Å². The molecule has 0 spiro atoms. The molecule has 0 fully saturated rings. The number of rotatable bonds is 4. The van der Waals surface area contributed by atoms with Gasteiger partial charge in [-0.3, -0.25) is 9.59 Å². The molecule has 2 aromatic rings. The summed E-state index contributed by atoms with van der Waals surface area (Å²) in [5.74, 6) is -1.35. The Morgan fingerprint density at radius 2 is 1.97 bits per heavy atom. The highest BCUT2D eigenvalue weighted by Crippen LogP contribution is 2.42. The van der Waals surface area contributed by atoms with E-state index in [0.717, 1.165) is 28.9 Å². The van der Waals surface area contributed by atoms with Crippen molar-refractivity contribution in [3.63, 3.8) is 0 Å². The highest BCUT2D eigenvalue weighted by atomic mass is 16.5. The van der Waals surface area contributed by atoms with Crippen LogP contribution in [0, 0.1) is 5.92 Å². The minimum absolute atomic E-state index is 0.0434. The lowest BCUT2D eigenvalue weighted by atomic mass is 9.97. The largest absolute Gasteiger partial charge is 0.497 e. The fourth-order valence-electron chi connectivity index (χ4n) is 4.96. The van der Waals surface area contributed by atoms with Gasteiger partial charge in [0.2, 0.25) is 11.8 Å². The normalized spacial score (nSPS) is 28.1. The van der Waals surface area contributed by atoms with Crippen LogP contribution >= 0.6 is 0 Å². The van der Waals surface area contributed by atoms with E-state index in [1.54, 1.807) is 7.11 Å². The maximum absolute atomic E-state index is 13.0. The molecule has 2 bridgehead atoms. The smallest absolute Gasteiger partial charge is 0.232 e. The van der Waals surface area contributed by atoms with Gasteiger partial charge in [0.15, 0.2) is 0 Å². The van der Waals surface area contributed by atoms with Crippen LogP contribution < -0.4 is 21.1 Å². The number of aliphatic hydroxyl groups excluding tert-OH is 1. The molecule has 2 amide bonds. The van der Waals surface area contributed by atoms with Crippen LogP contribution in [0.4, 0.5) is 0 Å². The molecule has 1 heterocycles. The fraction of sp³-hybridized carbons (Fsp3) is 0.429. The van der Waals surface area contributed by atoms with Crippen LogP contribution in [-0.2, 0) is 20.7 Å². The van der Waals surface area contributed by atoms with E-state index in [-0.39, 0.29) is 25.1 Å². The van der Waals surface area contributed by atoms with Crippen molar-refractivity contribution >= 4 is 11.8 Å². The number of aliphatic hydroxyl groups is 1. The Bertz CT molecular complexity index is 1070. The van der Waals surface area contributed by atoms with E-state index < -0.39 is 29.9 Å². The number of hydrogen-bond donors (Lipinski definition) is 4. The first kappa shape index (κ1) is 25.9. The fourth-order valence-corrected chi connectivity index (χ4v) is 4.96. The summed E-state index contributed by atoms with van der Waals surface area (Å²) < 4.78 is 11.6. The number of benzene rings is 2. The molecule has 0 radical (unpaired) electrons. The van der Waals surface area contributed by atoms with Gasteiger partial charge in [-0.15, -0.1) is 0 Å². The average Bonchev–Trinajstić information content (AvgIpc) is 3.22. The molecule has 5 atom stereocenters. The van der Waals surface area contributed by atoms with Crippen molar-refractivity contribution in [1.29, 1.82) is 0 Å². The second-order valence-electron chi connectivity index (χ2n) is 9.39. The van der Waals surface area contributed by atoms with Gasteiger partial charge in [0.1, 0.15) is 11.7 Å². The molecule has 2 aromatic carbocycles. The first-order chi connectivity index (χ1) is 17.5. The van der Waals surface area contributed by atoms with Crippen molar-refractivity contribution in [2.45, 2.75) is 50.0 Å². The summed E-state index contributed by atoms with van der Waals surface area (Å²) in [7, 11) is 1.64. The van der Waals surface area contributed by atoms with Crippen molar-refractivity contribution < 1.29 is 24.2 Å². The Kier molecular flexibility index (Phi) is 8.74. The zero-order chi connectivity index (χ0) is 25.5. The Morgan fingerprint density at radius 1 is 1.17 bits per heavy atom. The van der Waals surface area contributed by atoms with Crippen molar-refractivity contribution in [2.75, 3.05) is 20.3 Å². The molecule has 5 N–H and O–H groups in total. The number of nitrogens with one attached hydrogen (secondary N) is 2. The molecule has 0 aromatic heterocycles. The first-order valence-electron chi connectivity index (χ1n) is 12.5. The Morgan fingerprint density at radius 3 is 2.72 bits per heavy atom. The standard InChI is InChI=1S/C28H35N3O5/c1-35-19-11-12-20-22(15-19)23-16-26(20)36-13-7-3-6-10-21(27(29)33)28(34)31-24(25(32)17-30-23)14-18-8-4-2-5-9-18/h2-5,7-9,11-12,15,21,23-26,30,32H,6,10,13-14,16-17H2,1H3,(H2,29,33)(H,31,34)/b7-3+/t21-,23-,24-,25+,26+/m0/s1. The van der Waals surface area contributed by atoms with Crippen LogP contribution in [-0.4, -0.2) is 49.3 Å². The number of ether oxygens (including phenoxy) is 2. The van der Waals surface area contributed by atoms with Gasteiger partial charge in [0.25, 0.3) is 0 Å². The Balaban J connectivity index is 1.59. The Hall–Kier alpha value is -3.20. The third-order valence-electron chi connectivity index (χ3n) is 6.97. The average molecular weight is 494 g/mol. The minimum Gasteiger partial charge on any atom is -0.497 e. The number of fused-ring (bicyclic) bond motifs is 5. The number of allylic oxidation sites excluding steroid dienone is 1. The summed E-state index contributed by atoms with van der Waals surface area (Å²) in [6.45, 7) is 0.658. The van der Waals surface area contributed by atoms with Crippen LogP contribution in [0.3, 0.4) is 0 Å². The predicted octanol–water partition coefficient (Wildman–Crippen LogP) is 2.33. The van der Waals surface area contributed by atoms with Crippen LogP contribution in [0.25, 0.3) is 0 Å². The van der Waals surface area contributed by atoms with Crippen LogP contribution in [0.2, 0.25) is 0 Å². The molecule has 4 rings (SSSR count). The van der Waals surface area contributed by atoms with Gasteiger partial charge in [-0.1, -0.05) is 48.6 Å². The molecule has 8 heteroatoms. The topological polar surface area (TPSA) is 123 Å². The predicted molar refractivity (Wildman–Crippen MR) is 136 cm³/mol.